The smallest absolute Gasteiger partial charge is 0.281 e. The number of nitrogens with zero attached hydrogens (tertiary/aromatic N) is 3. The number of rotatable bonds is 6. The van der Waals surface area contributed by atoms with Crippen LogP contribution < -0.4 is 15.8 Å². The van der Waals surface area contributed by atoms with Crippen LogP contribution in [-0.4, -0.2) is 33.7 Å². The average molecular weight is 357 g/mol. The molecule has 3 N–H and O–H groups in total. The molecule has 3 aromatic rings. The summed E-state index contributed by atoms with van der Waals surface area (Å²) in [5, 5.41) is 8.96. The minimum absolute atomic E-state index is 0.0261. The highest BCUT2D eigenvalue weighted by atomic mass is 32.1. The number of amides is 2. The minimum atomic E-state index is -0.480. The van der Waals surface area contributed by atoms with E-state index in [2.05, 4.69) is 15.4 Å². The number of ether oxygens (including phenoxy) is 1. The van der Waals surface area contributed by atoms with Crippen LogP contribution in [0.25, 0.3) is 5.69 Å². The highest BCUT2D eigenvalue weighted by molar-refractivity contribution is 7.14. The molecule has 0 saturated carbocycles. The Morgan fingerprint density at radius 2 is 2.08 bits per heavy atom. The molecule has 0 bridgehead atoms. The quantitative estimate of drug-likeness (QED) is 0.696. The first-order valence-electron chi connectivity index (χ1n) is 7.30. The number of hydrogen-bond acceptors (Lipinski definition) is 6. The lowest BCUT2D eigenvalue weighted by Crippen LogP contribution is -2.15. The number of hydrogen-bond donors (Lipinski definition) is 2. The molecule has 2 aromatic heterocycles. The highest BCUT2D eigenvalue weighted by Gasteiger charge is 2.19. The van der Waals surface area contributed by atoms with Crippen molar-refractivity contribution in [3.63, 3.8) is 0 Å². The lowest BCUT2D eigenvalue weighted by atomic mass is 10.3. The fourth-order valence-electron chi connectivity index (χ4n) is 2.16. The molecule has 1 aromatic carbocycles. The Morgan fingerprint density at radius 3 is 2.76 bits per heavy atom. The largest absolute Gasteiger partial charge is 0.493 e. The second-order valence-corrected chi connectivity index (χ2v) is 5.93. The zero-order chi connectivity index (χ0) is 17.8. The van der Waals surface area contributed by atoms with E-state index in [-0.39, 0.29) is 12.1 Å². The van der Waals surface area contributed by atoms with Crippen LogP contribution in [0.5, 0.6) is 5.75 Å². The lowest BCUT2D eigenvalue weighted by Gasteiger charge is -2.01. The maximum absolute atomic E-state index is 12.5. The summed E-state index contributed by atoms with van der Waals surface area (Å²) in [6.07, 6.45) is 1.66. The molecule has 0 aliphatic carbocycles. The molecule has 128 valence electrons. The van der Waals surface area contributed by atoms with Crippen LogP contribution >= 0.6 is 11.3 Å². The summed E-state index contributed by atoms with van der Waals surface area (Å²) in [5.74, 6) is -0.590. The van der Waals surface area contributed by atoms with Crippen molar-refractivity contribution in [3.05, 3.63) is 53.3 Å². The summed E-state index contributed by atoms with van der Waals surface area (Å²) in [6.45, 7) is 0. The molecule has 2 amide bonds. The molecule has 9 heteroatoms. The van der Waals surface area contributed by atoms with Gasteiger partial charge in [0.05, 0.1) is 31.1 Å². The molecule has 25 heavy (non-hydrogen) atoms. The predicted molar refractivity (Wildman–Crippen MR) is 93.1 cm³/mol. The fourth-order valence-corrected chi connectivity index (χ4v) is 2.86. The number of primary amides is 1. The van der Waals surface area contributed by atoms with Gasteiger partial charge in [-0.2, -0.15) is 5.10 Å². The molecule has 2 heterocycles. The second-order valence-electron chi connectivity index (χ2n) is 5.07. The first-order valence-corrected chi connectivity index (χ1v) is 8.18. The van der Waals surface area contributed by atoms with E-state index < -0.39 is 11.8 Å². The van der Waals surface area contributed by atoms with Gasteiger partial charge in [-0.15, -0.1) is 11.3 Å². The topological polar surface area (TPSA) is 112 Å². The molecule has 8 nitrogen and oxygen atoms in total. The Balaban J connectivity index is 1.81. The van der Waals surface area contributed by atoms with Crippen molar-refractivity contribution >= 4 is 28.3 Å². The van der Waals surface area contributed by atoms with Crippen LogP contribution in [0.3, 0.4) is 0 Å². The van der Waals surface area contributed by atoms with Gasteiger partial charge in [0.15, 0.2) is 16.6 Å². The normalized spacial score (nSPS) is 10.4. The van der Waals surface area contributed by atoms with Gasteiger partial charge in [0.1, 0.15) is 0 Å². The minimum Gasteiger partial charge on any atom is -0.493 e. The number of benzene rings is 1. The zero-order valence-electron chi connectivity index (χ0n) is 13.3. The van der Waals surface area contributed by atoms with Crippen LogP contribution in [0, 0.1) is 0 Å². The fraction of sp³-hybridized carbons (Fsp3) is 0.125. The van der Waals surface area contributed by atoms with Crippen molar-refractivity contribution in [2.75, 3.05) is 12.4 Å². The van der Waals surface area contributed by atoms with E-state index >= 15 is 0 Å². The van der Waals surface area contributed by atoms with Gasteiger partial charge in [-0.1, -0.05) is 18.2 Å². The van der Waals surface area contributed by atoms with Gasteiger partial charge in [-0.3, -0.25) is 14.9 Å². The van der Waals surface area contributed by atoms with Gasteiger partial charge in [-0.25, -0.2) is 9.67 Å². The van der Waals surface area contributed by atoms with Crippen LogP contribution in [-0.2, 0) is 11.2 Å². The van der Waals surface area contributed by atoms with Crippen molar-refractivity contribution in [1.82, 2.24) is 14.8 Å². The highest BCUT2D eigenvalue weighted by Crippen LogP contribution is 2.22. The Bertz CT molecular complexity index is 904. The Morgan fingerprint density at radius 1 is 1.32 bits per heavy atom. The average Bonchev–Trinajstić information content (AvgIpc) is 3.22. The zero-order valence-corrected chi connectivity index (χ0v) is 14.1. The van der Waals surface area contributed by atoms with Crippen molar-refractivity contribution in [2.45, 2.75) is 6.42 Å². The van der Waals surface area contributed by atoms with Crippen molar-refractivity contribution in [1.29, 1.82) is 0 Å². The van der Waals surface area contributed by atoms with E-state index in [1.807, 2.05) is 30.3 Å². The van der Waals surface area contributed by atoms with Crippen LogP contribution in [0.15, 0.2) is 41.9 Å². The molecule has 0 saturated heterocycles. The van der Waals surface area contributed by atoms with E-state index in [9.17, 15) is 9.59 Å². The number of carbonyl (C=O) groups is 2. The van der Waals surface area contributed by atoms with Gasteiger partial charge in [0.2, 0.25) is 5.91 Å². The van der Waals surface area contributed by atoms with Crippen molar-refractivity contribution < 1.29 is 14.3 Å². The number of carbonyl (C=O) groups excluding carboxylic acids is 2. The number of nitrogens with one attached hydrogen (secondary N) is 1. The summed E-state index contributed by atoms with van der Waals surface area (Å²) >= 11 is 1.20. The number of thiazole rings is 1. The summed E-state index contributed by atoms with van der Waals surface area (Å²) in [6, 6.07) is 9.37. The number of methoxy groups -OCH3 is 1. The van der Waals surface area contributed by atoms with Crippen LogP contribution in [0.4, 0.5) is 5.13 Å². The second kappa shape index (κ2) is 7.14. The first kappa shape index (κ1) is 16.7. The molecule has 0 radical (unpaired) electrons. The molecule has 0 unspecified atom stereocenters. The standard InChI is InChI=1S/C16H15N5O3S/c1-24-12-8-21(11-5-3-2-4-6-11)20-14(12)15(23)19-16-18-10(9-25-16)7-13(17)22/h2-6,8-9H,7H2,1H3,(H2,17,22)(H,18,19,23). The predicted octanol–water partition coefficient (Wildman–Crippen LogP) is 1.62. The van der Waals surface area contributed by atoms with Gasteiger partial charge in [0, 0.05) is 5.38 Å². The first-order chi connectivity index (χ1) is 12.1. The monoisotopic (exact) mass is 357 g/mol. The molecular weight excluding hydrogens is 342 g/mol. The summed E-state index contributed by atoms with van der Waals surface area (Å²) in [5.41, 5.74) is 6.58. The number of nitrogens with two attached hydrogens (primary N) is 1. The number of para-hydroxylation sites is 1. The van der Waals surface area contributed by atoms with Crippen molar-refractivity contribution in [2.24, 2.45) is 5.73 Å². The van der Waals surface area contributed by atoms with E-state index in [0.717, 1.165) is 5.69 Å². The van der Waals surface area contributed by atoms with Gasteiger partial charge >= 0.3 is 0 Å². The molecule has 0 aliphatic rings. The van der Waals surface area contributed by atoms with Gasteiger partial charge < -0.3 is 10.5 Å². The molecule has 3 rings (SSSR count). The molecule has 0 spiro atoms. The molecule has 0 aliphatic heterocycles. The Kier molecular flexibility index (Phi) is 4.75. The molecular formula is C16H15N5O3S. The Labute approximate surface area is 147 Å². The SMILES string of the molecule is COc1cn(-c2ccccc2)nc1C(=O)Nc1nc(CC(N)=O)cs1. The van der Waals surface area contributed by atoms with Gasteiger partial charge in [-0.05, 0) is 12.1 Å². The maximum atomic E-state index is 12.5. The summed E-state index contributed by atoms with van der Waals surface area (Å²) < 4.78 is 6.81. The Hall–Kier alpha value is -3.20. The van der Waals surface area contributed by atoms with E-state index in [4.69, 9.17) is 10.5 Å². The van der Waals surface area contributed by atoms with E-state index in [1.54, 1.807) is 16.3 Å². The van der Waals surface area contributed by atoms with Crippen LogP contribution in [0.1, 0.15) is 16.2 Å². The lowest BCUT2D eigenvalue weighted by molar-refractivity contribution is -0.117. The summed E-state index contributed by atoms with van der Waals surface area (Å²) in [4.78, 5) is 27.5. The van der Waals surface area contributed by atoms with Gasteiger partial charge in [0.25, 0.3) is 5.91 Å². The summed E-state index contributed by atoms with van der Waals surface area (Å²) in [7, 11) is 1.47. The third-order valence-corrected chi connectivity index (χ3v) is 4.07. The maximum Gasteiger partial charge on any atom is 0.281 e. The van der Waals surface area contributed by atoms with Crippen molar-refractivity contribution in [3.8, 4) is 11.4 Å². The third-order valence-electron chi connectivity index (χ3n) is 3.26. The number of aromatic nitrogens is 3. The van der Waals surface area contributed by atoms with E-state index in [0.29, 0.717) is 16.6 Å². The number of anilines is 1. The van der Waals surface area contributed by atoms with E-state index in [1.165, 1.54) is 18.4 Å². The molecule has 0 fully saturated rings. The van der Waals surface area contributed by atoms with Crippen LogP contribution in [0.2, 0.25) is 0 Å². The third kappa shape index (κ3) is 3.83. The molecule has 0 atom stereocenters.